The molecule has 1 N–H and O–H groups in total. The van der Waals surface area contributed by atoms with E-state index in [1.165, 1.54) is 5.56 Å². The van der Waals surface area contributed by atoms with Gasteiger partial charge >= 0.3 is 0 Å². The minimum atomic E-state index is -0.147. The number of benzene rings is 1. The normalized spacial score (nSPS) is 18.8. The van der Waals surface area contributed by atoms with Crippen LogP contribution in [0.4, 0.5) is 0 Å². The van der Waals surface area contributed by atoms with E-state index < -0.39 is 0 Å². The first-order valence-corrected chi connectivity index (χ1v) is 11.1. The molecular formula is C26H30N4O. The summed E-state index contributed by atoms with van der Waals surface area (Å²) >= 11 is 0. The average Bonchev–Trinajstić information content (AvgIpc) is 2.84. The van der Waals surface area contributed by atoms with Crippen LogP contribution in [-0.2, 0) is 0 Å². The van der Waals surface area contributed by atoms with Crippen LogP contribution in [-0.4, -0.2) is 40.4 Å². The van der Waals surface area contributed by atoms with E-state index in [2.05, 4.69) is 57.4 Å². The Hall–Kier alpha value is -3.05. The summed E-state index contributed by atoms with van der Waals surface area (Å²) in [6.07, 6.45) is 5.64. The van der Waals surface area contributed by atoms with Crippen LogP contribution in [0.15, 0.2) is 79.1 Å². The van der Waals surface area contributed by atoms with Gasteiger partial charge in [-0.1, -0.05) is 49.4 Å². The Morgan fingerprint density at radius 1 is 1.03 bits per heavy atom. The van der Waals surface area contributed by atoms with Gasteiger partial charge in [-0.15, -0.1) is 0 Å². The molecular weight excluding hydrogens is 384 g/mol. The smallest absolute Gasteiger partial charge is 0.270 e. The lowest BCUT2D eigenvalue weighted by Gasteiger charge is -2.38. The van der Waals surface area contributed by atoms with Crippen LogP contribution in [0.2, 0.25) is 0 Å². The number of nitrogens with one attached hydrogen (secondary N) is 1. The minimum Gasteiger partial charge on any atom is -0.342 e. The molecule has 1 amide bonds. The lowest BCUT2D eigenvalue weighted by Crippen LogP contribution is -2.44. The summed E-state index contributed by atoms with van der Waals surface area (Å²) in [5.74, 6) is 0.627. The summed E-state index contributed by atoms with van der Waals surface area (Å²) in [6, 6.07) is 21.9. The molecule has 160 valence electrons. The third-order valence-corrected chi connectivity index (χ3v) is 6.10. The molecule has 0 unspecified atom stereocenters. The standard InChI is InChI=1S/C26H30N4O/c1-20(21-10-3-2-4-11-21)18-30-17-9-12-22(19-30)25(23-13-5-7-15-27-23)29-26(31)24-14-6-8-16-28-24/h2-8,10-11,13-16,20,22,25H,9,12,17-19H2,1H3,(H,29,31)/t20-,22-,25-/m1/s1. The third kappa shape index (κ3) is 5.56. The fourth-order valence-electron chi connectivity index (χ4n) is 4.51. The number of amides is 1. The second-order valence-corrected chi connectivity index (χ2v) is 8.39. The fourth-order valence-corrected chi connectivity index (χ4v) is 4.51. The first-order valence-electron chi connectivity index (χ1n) is 11.1. The number of rotatable bonds is 7. The number of carbonyl (C=O) groups is 1. The SMILES string of the molecule is C[C@H](CN1CCC[C@@H]([C@@H](NC(=O)c2ccccn2)c2ccccn2)C1)c1ccccc1. The molecule has 0 radical (unpaired) electrons. The Bertz CT molecular complexity index is 949. The van der Waals surface area contributed by atoms with Crippen molar-refractivity contribution >= 4 is 5.91 Å². The van der Waals surface area contributed by atoms with Gasteiger partial charge in [0.15, 0.2) is 0 Å². The highest BCUT2D eigenvalue weighted by Gasteiger charge is 2.31. The molecule has 0 spiro atoms. The van der Waals surface area contributed by atoms with Gasteiger partial charge in [-0.3, -0.25) is 14.8 Å². The van der Waals surface area contributed by atoms with Gasteiger partial charge in [-0.05, 0) is 61.1 Å². The van der Waals surface area contributed by atoms with Gasteiger partial charge in [0.25, 0.3) is 5.91 Å². The highest BCUT2D eigenvalue weighted by atomic mass is 16.1. The monoisotopic (exact) mass is 414 g/mol. The van der Waals surface area contributed by atoms with Crippen LogP contribution in [0.25, 0.3) is 0 Å². The number of likely N-dealkylation sites (tertiary alicyclic amines) is 1. The molecule has 5 nitrogen and oxygen atoms in total. The number of piperidine rings is 1. The molecule has 4 rings (SSSR count). The summed E-state index contributed by atoms with van der Waals surface area (Å²) in [7, 11) is 0. The first kappa shape index (κ1) is 21.2. The molecule has 1 aromatic carbocycles. The largest absolute Gasteiger partial charge is 0.342 e. The number of nitrogens with zero attached hydrogens (tertiary/aromatic N) is 3. The summed E-state index contributed by atoms with van der Waals surface area (Å²) in [5, 5.41) is 3.23. The molecule has 2 aromatic heterocycles. The molecule has 1 aliphatic rings. The summed E-state index contributed by atoms with van der Waals surface area (Å²) in [4.78, 5) is 24.2. The van der Waals surface area contributed by atoms with Crippen molar-refractivity contribution in [2.24, 2.45) is 5.92 Å². The molecule has 1 aliphatic heterocycles. The molecule has 3 heterocycles. The molecule has 0 bridgehead atoms. The van der Waals surface area contributed by atoms with E-state index in [1.54, 1.807) is 18.5 Å². The summed E-state index contributed by atoms with van der Waals surface area (Å²) < 4.78 is 0. The Balaban J connectivity index is 1.49. The van der Waals surface area contributed by atoms with Gasteiger partial charge in [0.2, 0.25) is 0 Å². The third-order valence-electron chi connectivity index (χ3n) is 6.10. The molecule has 3 atom stereocenters. The number of hydrogen-bond acceptors (Lipinski definition) is 4. The fraction of sp³-hybridized carbons (Fsp3) is 0.346. The summed E-state index contributed by atoms with van der Waals surface area (Å²) in [5.41, 5.74) is 2.72. The highest BCUT2D eigenvalue weighted by Crippen LogP contribution is 2.30. The Morgan fingerprint density at radius 2 is 1.77 bits per heavy atom. The number of pyridine rings is 2. The molecule has 0 saturated carbocycles. The van der Waals surface area contributed by atoms with Gasteiger partial charge in [0, 0.05) is 25.5 Å². The van der Waals surface area contributed by atoms with Crippen molar-refractivity contribution in [1.29, 1.82) is 0 Å². The second kappa shape index (κ2) is 10.3. The zero-order valence-corrected chi connectivity index (χ0v) is 18.0. The molecule has 5 heteroatoms. The van der Waals surface area contributed by atoms with Crippen molar-refractivity contribution < 1.29 is 4.79 Å². The maximum Gasteiger partial charge on any atom is 0.270 e. The van der Waals surface area contributed by atoms with Crippen LogP contribution in [0, 0.1) is 5.92 Å². The van der Waals surface area contributed by atoms with E-state index in [1.807, 2.05) is 30.3 Å². The van der Waals surface area contributed by atoms with Crippen molar-refractivity contribution in [3.8, 4) is 0 Å². The van der Waals surface area contributed by atoms with E-state index in [0.717, 1.165) is 38.2 Å². The maximum atomic E-state index is 12.9. The van der Waals surface area contributed by atoms with Crippen molar-refractivity contribution in [3.05, 3.63) is 96.1 Å². The molecule has 1 fully saturated rings. The van der Waals surface area contributed by atoms with Gasteiger partial charge in [-0.2, -0.15) is 0 Å². The van der Waals surface area contributed by atoms with Crippen molar-refractivity contribution in [2.75, 3.05) is 19.6 Å². The second-order valence-electron chi connectivity index (χ2n) is 8.39. The average molecular weight is 415 g/mol. The zero-order chi connectivity index (χ0) is 21.5. The highest BCUT2D eigenvalue weighted by molar-refractivity contribution is 5.92. The van der Waals surface area contributed by atoms with Crippen LogP contribution >= 0.6 is 0 Å². The van der Waals surface area contributed by atoms with E-state index in [0.29, 0.717) is 17.5 Å². The number of aromatic nitrogens is 2. The maximum absolute atomic E-state index is 12.9. The lowest BCUT2D eigenvalue weighted by molar-refractivity contribution is 0.0872. The first-order chi connectivity index (χ1) is 15.2. The number of hydrogen-bond donors (Lipinski definition) is 1. The van der Waals surface area contributed by atoms with Gasteiger partial charge in [0.05, 0.1) is 11.7 Å². The molecule has 31 heavy (non-hydrogen) atoms. The van der Waals surface area contributed by atoms with Crippen LogP contribution < -0.4 is 5.32 Å². The molecule has 0 aliphatic carbocycles. The number of carbonyl (C=O) groups excluding carboxylic acids is 1. The van der Waals surface area contributed by atoms with Crippen molar-refractivity contribution in [2.45, 2.75) is 31.7 Å². The van der Waals surface area contributed by atoms with E-state index in [9.17, 15) is 4.79 Å². The molecule has 1 saturated heterocycles. The molecule has 3 aromatic rings. The van der Waals surface area contributed by atoms with Crippen molar-refractivity contribution in [3.63, 3.8) is 0 Å². The Morgan fingerprint density at radius 3 is 2.48 bits per heavy atom. The van der Waals surface area contributed by atoms with E-state index >= 15 is 0 Å². The minimum absolute atomic E-state index is 0.134. The zero-order valence-electron chi connectivity index (χ0n) is 18.0. The Labute approximate surface area is 184 Å². The van der Waals surface area contributed by atoms with E-state index in [-0.39, 0.29) is 11.9 Å². The quantitative estimate of drug-likeness (QED) is 0.620. The van der Waals surface area contributed by atoms with Crippen LogP contribution in [0.3, 0.4) is 0 Å². The van der Waals surface area contributed by atoms with E-state index in [4.69, 9.17) is 0 Å². The van der Waals surface area contributed by atoms with Gasteiger partial charge in [0.1, 0.15) is 5.69 Å². The lowest BCUT2D eigenvalue weighted by atomic mass is 9.87. The Kier molecular flexibility index (Phi) is 7.05. The van der Waals surface area contributed by atoms with Gasteiger partial charge < -0.3 is 10.2 Å². The predicted molar refractivity (Wildman–Crippen MR) is 123 cm³/mol. The predicted octanol–water partition coefficient (Wildman–Crippen LogP) is 4.46. The van der Waals surface area contributed by atoms with Crippen LogP contribution in [0.1, 0.15) is 53.5 Å². The van der Waals surface area contributed by atoms with Crippen molar-refractivity contribution in [1.82, 2.24) is 20.2 Å². The van der Waals surface area contributed by atoms with Crippen LogP contribution in [0.5, 0.6) is 0 Å². The summed E-state index contributed by atoms with van der Waals surface area (Å²) in [6.45, 7) is 5.35. The van der Waals surface area contributed by atoms with Gasteiger partial charge in [-0.25, -0.2) is 0 Å². The topological polar surface area (TPSA) is 58.1 Å².